The predicted molar refractivity (Wildman–Crippen MR) is 107 cm³/mol. The van der Waals surface area contributed by atoms with Crippen molar-refractivity contribution in [1.82, 2.24) is 19.5 Å². The molecule has 31 heavy (non-hydrogen) atoms. The average Bonchev–Trinajstić information content (AvgIpc) is 3.04. The van der Waals surface area contributed by atoms with Crippen LogP contribution in [0.5, 0.6) is 0 Å². The summed E-state index contributed by atoms with van der Waals surface area (Å²) in [6, 6.07) is 6.98. The third-order valence-electron chi connectivity index (χ3n) is 5.77. The molecule has 0 atom stereocenters. The molecule has 2 aromatic heterocycles. The molecule has 1 aliphatic rings. The number of fused-ring (bicyclic) bond motifs is 1. The number of hydrogen-bond acceptors (Lipinski definition) is 6. The quantitative estimate of drug-likeness (QED) is 0.555. The normalized spacial score (nSPS) is 22.1. The number of sulfonamides is 1. The van der Waals surface area contributed by atoms with Gasteiger partial charge in [0.05, 0.1) is 16.1 Å². The van der Waals surface area contributed by atoms with E-state index >= 15 is 0 Å². The van der Waals surface area contributed by atoms with Crippen LogP contribution < -0.4 is 5.73 Å². The van der Waals surface area contributed by atoms with Gasteiger partial charge in [-0.15, -0.1) is 0 Å². The fourth-order valence-corrected chi connectivity index (χ4v) is 5.16. The molecular formula is C19H20F3N5O3S. The first-order valence-corrected chi connectivity index (χ1v) is 10.8. The van der Waals surface area contributed by atoms with E-state index in [9.17, 15) is 26.7 Å². The molecule has 0 spiro atoms. The third kappa shape index (κ3) is 3.44. The van der Waals surface area contributed by atoms with Crippen molar-refractivity contribution in [2.75, 3.05) is 12.8 Å². The Labute approximate surface area is 175 Å². The van der Waals surface area contributed by atoms with Gasteiger partial charge in [0.15, 0.2) is 11.4 Å². The summed E-state index contributed by atoms with van der Waals surface area (Å²) in [6.07, 6.45) is -6.18. The maximum absolute atomic E-state index is 12.9. The number of anilines is 1. The van der Waals surface area contributed by atoms with Crippen molar-refractivity contribution in [2.45, 2.75) is 42.5 Å². The third-order valence-corrected chi connectivity index (χ3v) is 7.68. The zero-order valence-corrected chi connectivity index (χ0v) is 17.4. The Balaban J connectivity index is 1.60. The van der Waals surface area contributed by atoms with Crippen LogP contribution in [0.15, 0.2) is 35.2 Å². The first kappa shape index (κ1) is 21.5. The van der Waals surface area contributed by atoms with E-state index in [1.165, 1.54) is 19.2 Å². The highest BCUT2D eigenvalue weighted by Gasteiger charge is 2.62. The van der Waals surface area contributed by atoms with Crippen LogP contribution in [-0.2, 0) is 10.0 Å². The first-order valence-electron chi connectivity index (χ1n) is 9.32. The Morgan fingerprint density at radius 1 is 1.26 bits per heavy atom. The van der Waals surface area contributed by atoms with E-state index in [0.717, 1.165) is 4.31 Å². The van der Waals surface area contributed by atoms with Crippen molar-refractivity contribution in [2.24, 2.45) is 0 Å². The number of hydrogen-bond donors (Lipinski definition) is 3. The van der Waals surface area contributed by atoms with E-state index < -0.39 is 40.7 Å². The molecule has 0 aliphatic heterocycles. The lowest BCUT2D eigenvalue weighted by Gasteiger charge is -2.47. The van der Waals surface area contributed by atoms with E-state index in [-0.39, 0.29) is 10.7 Å². The average molecular weight is 455 g/mol. The number of H-pyrrole nitrogens is 1. The van der Waals surface area contributed by atoms with Gasteiger partial charge in [0.2, 0.25) is 10.0 Å². The van der Waals surface area contributed by atoms with Crippen LogP contribution in [0.2, 0.25) is 0 Å². The summed E-state index contributed by atoms with van der Waals surface area (Å²) in [5.41, 5.74) is 5.97. The van der Waals surface area contributed by atoms with Crippen molar-refractivity contribution in [1.29, 1.82) is 0 Å². The van der Waals surface area contributed by atoms with E-state index in [4.69, 9.17) is 5.73 Å². The zero-order chi connectivity index (χ0) is 22.8. The summed E-state index contributed by atoms with van der Waals surface area (Å²) < 4.78 is 65.3. The molecule has 3 aromatic rings. The summed E-state index contributed by atoms with van der Waals surface area (Å²) in [5.74, 6) is 0.245. The number of halogens is 3. The molecule has 1 saturated carbocycles. The molecular weight excluding hydrogens is 435 g/mol. The minimum absolute atomic E-state index is 0.0531. The number of aliphatic hydroxyl groups is 1. The van der Waals surface area contributed by atoms with Crippen LogP contribution in [0.4, 0.5) is 19.0 Å². The molecule has 0 radical (unpaired) electrons. The van der Waals surface area contributed by atoms with Gasteiger partial charge < -0.3 is 10.8 Å². The molecule has 1 aliphatic carbocycles. The molecule has 0 unspecified atom stereocenters. The molecule has 166 valence electrons. The van der Waals surface area contributed by atoms with Gasteiger partial charge >= 0.3 is 6.18 Å². The van der Waals surface area contributed by atoms with Gasteiger partial charge in [0.1, 0.15) is 5.52 Å². The molecule has 4 N–H and O–H groups in total. The largest absolute Gasteiger partial charge is 0.417 e. The number of nitrogens with two attached hydrogens (primary N) is 1. The highest BCUT2D eigenvalue weighted by molar-refractivity contribution is 7.89. The number of nitrogen functional groups attached to an aromatic ring is 1. The van der Waals surface area contributed by atoms with E-state index in [0.29, 0.717) is 27.9 Å². The fourth-order valence-electron chi connectivity index (χ4n) is 3.72. The fraction of sp³-hybridized carbons (Fsp3) is 0.368. The summed E-state index contributed by atoms with van der Waals surface area (Å²) in [5, 5.41) is 16.3. The Kier molecular flexibility index (Phi) is 4.79. The molecule has 0 bridgehead atoms. The number of rotatable bonds is 4. The van der Waals surface area contributed by atoms with Gasteiger partial charge in [-0.2, -0.15) is 22.6 Å². The molecule has 4 rings (SSSR count). The number of aromatic amines is 1. The minimum atomic E-state index is -4.79. The maximum Gasteiger partial charge on any atom is 0.417 e. The van der Waals surface area contributed by atoms with Crippen LogP contribution in [0, 0.1) is 6.92 Å². The topological polar surface area (TPSA) is 125 Å². The second-order valence-electron chi connectivity index (χ2n) is 7.79. The molecule has 1 fully saturated rings. The summed E-state index contributed by atoms with van der Waals surface area (Å²) >= 11 is 0. The molecule has 0 amide bonds. The monoisotopic (exact) mass is 455 g/mol. The van der Waals surface area contributed by atoms with E-state index in [2.05, 4.69) is 15.2 Å². The smallest absolute Gasteiger partial charge is 0.380 e. The van der Waals surface area contributed by atoms with Gasteiger partial charge in [-0.05, 0) is 36.8 Å². The zero-order valence-electron chi connectivity index (χ0n) is 16.6. The number of alkyl halides is 3. The van der Waals surface area contributed by atoms with Crippen molar-refractivity contribution in [3.8, 4) is 11.3 Å². The van der Waals surface area contributed by atoms with Crippen molar-refractivity contribution >= 4 is 26.9 Å². The van der Waals surface area contributed by atoms with E-state index in [1.54, 1.807) is 25.1 Å². The molecule has 0 saturated heterocycles. The van der Waals surface area contributed by atoms with Gasteiger partial charge in [-0.3, -0.25) is 5.10 Å². The van der Waals surface area contributed by atoms with Crippen LogP contribution in [0.1, 0.15) is 18.4 Å². The Morgan fingerprint density at radius 2 is 1.94 bits per heavy atom. The lowest BCUT2D eigenvalue weighted by Crippen LogP contribution is -2.62. The predicted octanol–water partition coefficient (Wildman–Crippen LogP) is 2.59. The summed E-state index contributed by atoms with van der Waals surface area (Å²) in [7, 11) is -2.83. The summed E-state index contributed by atoms with van der Waals surface area (Å²) in [6.45, 7) is 1.71. The second-order valence-corrected chi connectivity index (χ2v) is 9.79. The number of aromatic nitrogens is 3. The second kappa shape index (κ2) is 6.90. The lowest BCUT2D eigenvalue weighted by molar-refractivity contribution is -0.295. The van der Waals surface area contributed by atoms with Crippen LogP contribution >= 0.6 is 0 Å². The highest BCUT2D eigenvalue weighted by atomic mass is 32.2. The van der Waals surface area contributed by atoms with Crippen molar-refractivity contribution in [3.05, 3.63) is 35.9 Å². The Bertz CT molecular complexity index is 1270. The molecule has 2 heterocycles. The van der Waals surface area contributed by atoms with Gasteiger partial charge in [0.25, 0.3) is 0 Å². The molecule has 12 heteroatoms. The number of nitrogens with zero attached hydrogens (tertiary/aromatic N) is 3. The molecule has 8 nitrogen and oxygen atoms in total. The Morgan fingerprint density at radius 3 is 2.55 bits per heavy atom. The SMILES string of the molecule is Cc1cc(S(=O)(=O)N(C)[C@H]2C[C@](O)(C(F)(F)F)C2)ccc1-c1ccc2[nH]nc(N)c2n1. The number of aryl methyl sites for hydroxylation is 1. The Hall–Kier alpha value is -2.70. The lowest BCUT2D eigenvalue weighted by atomic mass is 9.75. The highest BCUT2D eigenvalue weighted by Crippen LogP contribution is 2.47. The first-order chi connectivity index (χ1) is 14.3. The van der Waals surface area contributed by atoms with Crippen LogP contribution in [0.3, 0.4) is 0 Å². The van der Waals surface area contributed by atoms with Crippen LogP contribution in [0.25, 0.3) is 22.3 Å². The number of pyridine rings is 1. The molecule has 1 aromatic carbocycles. The number of nitrogens with one attached hydrogen (secondary N) is 1. The van der Waals surface area contributed by atoms with Gasteiger partial charge in [-0.25, -0.2) is 13.4 Å². The van der Waals surface area contributed by atoms with Gasteiger partial charge in [0, 0.05) is 31.5 Å². The standard InChI is InChI=1S/C19H20F3N5O3S/c1-10-7-12(31(29,30)27(2)11-8-18(28,9-11)19(20,21)22)3-4-13(10)14-5-6-15-16(24-14)17(23)26-25-15/h3-7,11,28H,8-9H2,1-2H3,(H3,23,25,26)/t11-,18+. The summed E-state index contributed by atoms with van der Waals surface area (Å²) in [4.78, 5) is 4.42. The van der Waals surface area contributed by atoms with Crippen molar-refractivity contribution < 1.29 is 26.7 Å². The minimum Gasteiger partial charge on any atom is -0.380 e. The van der Waals surface area contributed by atoms with E-state index in [1.807, 2.05) is 0 Å². The van der Waals surface area contributed by atoms with Crippen LogP contribution in [-0.4, -0.2) is 57.9 Å². The maximum atomic E-state index is 12.9. The number of benzene rings is 1. The van der Waals surface area contributed by atoms with Gasteiger partial charge in [-0.1, -0.05) is 6.07 Å². The van der Waals surface area contributed by atoms with Crippen molar-refractivity contribution in [3.63, 3.8) is 0 Å².